The van der Waals surface area contributed by atoms with E-state index in [1.165, 1.54) is 0 Å². The molecule has 0 fully saturated rings. The molecule has 1 heterocycles. The molecule has 0 saturated heterocycles. The van der Waals surface area contributed by atoms with Gasteiger partial charge in [-0.3, -0.25) is 0 Å². The highest BCUT2D eigenvalue weighted by Crippen LogP contribution is 2.34. The highest BCUT2D eigenvalue weighted by molar-refractivity contribution is 5.97. The maximum Gasteiger partial charge on any atom is 0.343 e. The van der Waals surface area contributed by atoms with Crippen molar-refractivity contribution in [2.45, 2.75) is 46.1 Å². The fraction of sp³-hybridized carbons (Fsp3) is 0.412. The van der Waals surface area contributed by atoms with Crippen molar-refractivity contribution in [1.82, 2.24) is 0 Å². The van der Waals surface area contributed by atoms with Gasteiger partial charge in [-0.2, -0.15) is 0 Å². The molecule has 0 aromatic rings. The zero-order chi connectivity index (χ0) is 15.4. The van der Waals surface area contributed by atoms with Gasteiger partial charge in [0.05, 0.1) is 5.57 Å². The normalized spacial score (nSPS) is 21.4. The summed E-state index contributed by atoms with van der Waals surface area (Å²) in [5, 5.41) is 0. The molecular formula is C17H20O4. The van der Waals surface area contributed by atoms with E-state index in [1.54, 1.807) is 32.1 Å². The summed E-state index contributed by atoms with van der Waals surface area (Å²) < 4.78 is 10.7. The fourth-order valence-corrected chi connectivity index (χ4v) is 2.21. The van der Waals surface area contributed by atoms with Gasteiger partial charge in [0.2, 0.25) is 0 Å². The van der Waals surface area contributed by atoms with Crippen LogP contribution >= 0.6 is 0 Å². The predicted molar refractivity (Wildman–Crippen MR) is 79.2 cm³/mol. The lowest BCUT2D eigenvalue weighted by atomic mass is 9.97. The van der Waals surface area contributed by atoms with E-state index in [0.717, 1.165) is 18.4 Å². The van der Waals surface area contributed by atoms with Crippen molar-refractivity contribution in [2.75, 3.05) is 0 Å². The van der Waals surface area contributed by atoms with Gasteiger partial charge in [-0.05, 0) is 39.2 Å². The van der Waals surface area contributed by atoms with Gasteiger partial charge in [0.15, 0.2) is 0 Å². The molecule has 21 heavy (non-hydrogen) atoms. The summed E-state index contributed by atoms with van der Waals surface area (Å²) in [5.41, 5.74) is 2.11. The predicted octanol–water partition coefficient (Wildman–Crippen LogP) is 3.36. The number of carbonyl (C=O) groups excluding carboxylic acids is 2. The van der Waals surface area contributed by atoms with Crippen LogP contribution in [-0.4, -0.2) is 18.0 Å². The van der Waals surface area contributed by atoms with Crippen molar-refractivity contribution in [3.63, 3.8) is 0 Å². The van der Waals surface area contributed by atoms with Crippen molar-refractivity contribution in [3.8, 4) is 0 Å². The number of ether oxygens (including phenoxy) is 2. The summed E-state index contributed by atoms with van der Waals surface area (Å²) in [4.78, 5) is 23.6. The monoisotopic (exact) mass is 288 g/mol. The molecule has 1 aliphatic carbocycles. The van der Waals surface area contributed by atoms with Crippen molar-refractivity contribution >= 4 is 11.9 Å². The Morgan fingerprint density at radius 3 is 2.95 bits per heavy atom. The molecule has 0 unspecified atom stereocenters. The molecule has 4 nitrogen and oxygen atoms in total. The molecule has 1 aliphatic heterocycles. The van der Waals surface area contributed by atoms with Gasteiger partial charge in [-0.1, -0.05) is 25.2 Å². The first-order valence-corrected chi connectivity index (χ1v) is 7.24. The summed E-state index contributed by atoms with van der Waals surface area (Å²) in [6.45, 7) is 5.43. The van der Waals surface area contributed by atoms with Crippen LogP contribution in [-0.2, 0) is 19.1 Å². The first-order valence-electron chi connectivity index (χ1n) is 7.24. The molecule has 112 valence electrons. The Morgan fingerprint density at radius 2 is 2.29 bits per heavy atom. The summed E-state index contributed by atoms with van der Waals surface area (Å²) in [7, 11) is 0. The van der Waals surface area contributed by atoms with Gasteiger partial charge in [0, 0.05) is 11.1 Å². The molecule has 1 atom stereocenters. The van der Waals surface area contributed by atoms with E-state index < -0.39 is 6.10 Å². The molecule has 2 rings (SSSR count). The lowest BCUT2D eigenvalue weighted by molar-refractivity contribution is -0.142. The van der Waals surface area contributed by atoms with Crippen LogP contribution in [0.4, 0.5) is 0 Å². The highest BCUT2D eigenvalue weighted by atomic mass is 16.6. The van der Waals surface area contributed by atoms with Crippen LogP contribution in [0.5, 0.6) is 0 Å². The van der Waals surface area contributed by atoms with Crippen LogP contribution in [0.15, 0.2) is 46.8 Å². The number of carbonyl (C=O) groups is 2. The average Bonchev–Trinajstić information content (AvgIpc) is 2.82. The van der Waals surface area contributed by atoms with E-state index in [9.17, 15) is 9.59 Å². The Kier molecular flexibility index (Phi) is 4.78. The fourth-order valence-electron chi connectivity index (χ4n) is 2.21. The smallest absolute Gasteiger partial charge is 0.343 e. The number of allylic oxidation sites excluding steroid dienone is 3. The van der Waals surface area contributed by atoms with E-state index in [2.05, 4.69) is 0 Å². The number of hydrogen-bond acceptors (Lipinski definition) is 4. The van der Waals surface area contributed by atoms with Gasteiger partial charge < -0.3 is 9.47 Å². The zero-order valence-electron chi connectivity index (χ0n) is 12.6. The van der Waals surface area contributed by atoms with Crippen molar-refractivity contribution < 1.29 is 19.1 Å². The SMILES string of the molecule is C/C=C(/C)C(=O)O[C@H](/C=C1/OC(=O)C2=C1CCC=C2)CC. The van der Waals surface area contributed by atoms with Gasteiger partial charge in [0.1, 0.15) is 11.9 Å². The van der Waals surface area contributed by atoms with Crippen LogP contribution in [0, 0.1) is 0 Å². The summed E-state index contributed by atoms with van der Waals surface area (Å²) in [5.74, 6) is -0.126. The maximum atomic E-state index is 11.8. The second-order valence-electron chi connectivity index (χ2n) is 5.08. The molecule has 0 N–H and O–H groups in total. The molecule has 4 heteroatoms. The van der Waals surface area contributed by atoms with Gasteiger partial charge in [-0.25, -0.2) is 9.59 Å². The standard InChI is InChI=1S/C17H20O4/c1-4-11(3)16(18)20-12(5-2)10-15-13-8-6-7-9-14(13)17(19)21-15/h4,7,9-10,12H,5-6,8H2,1-3H3/b11-4-,15-10+/t12-/m0/s1. The lowest BCUT2D eigenvalue weighted by Crippen LogP contribution is -2.17. The topological polar surface area (TPSA) is 52.6 Å². The van der Waals surface area contributed by atoms with Gasteiger partial charge in [0.25, 0.3) is 0 Å². The first kappa shape index (κ1) is 15.3. The summed E-state index contributed by atoms with van der Waals surface area (Å²) in [6, 6.07) is 0. The van der Waals surface area contributed by atoms with Crippen molar-refractivity contribution in [1.29, 1.82) is 0 Å². The van der Waals surface area contributed by atoms with E-state index in [0.29, 0.717) is 23.3 Å². The van der Waals surface area contributed by atoms with Crippen LogP contribution < -0.4 is 0 Å². The van der Waals surface area contributed by atoms with E-state index in [-0.39, 0.29) is 11.9 Å². The van der Waals surface area contributed by atoms with Gasteiger partial charge >= 0.3 is 11.9 Å². The van der Waals surface area contributed by atoms with E-state index >= 15 is 0 Å². The van der Waals surface area contributed by atoms with Gasteiger partial charge in [-0.15, -0.1) is 0 Å². The molecule has 2 aliphatic rings. The maximum absolute atomic E-state index is 11.8. The van der Waals surface area contributed by atoms with E-state index in [1.807, 2.05) is 13.0 Å². The minimum Gasteiger partial charge on any atom is -0.455 e. The zero-order valence-corrected chi connectivity index (χ0v) is 12.6. The molecular weight excluding hydrogens is 268 g/mol. The Morgan fingerprint density at radius 1 is 1.52 bits per heavy atom. The second kappa shape index (κ2) is 6.57. The summed E-state index contributed by atoms with van der Waals surface area (Å²) in [6.07, 6.45) is 9.12. The molecule has 0 bridgehead atoms. The molecule has 0 aromatic heterocycles. The second-order valence-corrected chi connectivity index (χ2v) is 5.08. The number of esters is 2. The van der Waals surface area contributed by atoms with Crippen LogP contribution in [0.3, 0.4) is 0 Å². The summed E-state index contributed by atoms with van der Waals surface area (Å²) >= 11 is 0. The number of rotatable bonds is 4. The molecule has 0 amide bonds. The molecule has 0 aromatic carbocycles. The number of cyclic esters (lactones) is 1. The molecule has 0 spiro atoms. The Hall–Kier alpha value is -2.10. The van der Waals surface area contributed by atoms with Crippen LogP contribution in [0.1, 0.15) is 40.0 Å². The first-order chi connectivity index (χ1) is 10.1. The third kappa shape index (κ3) is 3.32. The number of hydrogen-bond donors (Lipinski definition) is 0. The van der Waals surface area contributed by atoms with Crippen molar-refractivity contribution in [3.05, 3.63) is 46.8 Å². The minimum atomic E-state index is -0.395. The van der Waals surface area contributed by atoms with E-state index in [4.69, 9.17) is 9.47 Å². The van der Waals surface area contributed by atoms with Crippen LogP contribution in [0.2, 0.25) is 0 Å². The molecule has 0 radical (unpaired) electrons. The third-order valence-corrected chi connectivity index (χ3v) is 3.64. The van der Waals surface area contributed by atoms with Crippen molar-refractivity contribution in [2.24, 2.45) is 0 Å². The third-order valence-electron chi connectivity index (χ3n) is 3.64. The largest absolute Gasteiger partial charge is 0.455 e. The minimum absolute atomic E-state index is 0.321. The highest BCUT2D eigenvalue weighted by Gasteiger charge is 2.30. The Bertz CT molecular complexity index is 576. The average molecular weight is 288 g/mol. The Balaban J connectivity index is 2.18. The van der Waals surface area contributed by atoms with Crippen LogP contribution in [0.25, 0.3) is 0 Å². The Labute approximate surface area is 124 Å². The molecule has 0 saturated carbocycles. The quantitative estimate of drug-likeness (QED) is 0.588. The lowest BCUT2D eigenvalue weighted by Gasteiger charge is -2.14.